The summed E-state index contributed by atoms with van der Waals surface area (Å²) in [4.78, 5) is 6.68. The minimum absolute atomic E-state index is 0.322. The number of aromatic nitrogens is 1. The zero-order valence-corrected chi connectivity index (χ0v) is 24.5. The molecule has 2 nitrogen and oxygen atoms in total. The van der Waals surface area contributed by atoms with Gasteiger partial charge in [-0.2, -0.15) is 0 Å². The van der Waals surface area contributed by atoms with Crippen LogP contribution in [0.4, 0.5) is 5.69 Å². The van der Waals surface area contributed by atoms with Gasteiger partial charge in [-0.05, 0) is 89.4 Å². The van der Waals surface area contributed by atoms with Crippen LogP contribution in [0.15, 0.2) is 121 Å². The molecule has 2 heteroatoms. The number of anilines is 1. The van der Waals surface area contributed by atoms with Crippen molar-refractivity contribution in [3.05, 3.63) is 144 Å². The van der Waals surface area contributed by atoms with Gasteiger partial charge in [-0.3, -0.25) is 4.98 Å². The van der Waals surface area contributed by atoms with E-state index in [9.17, 15) is 0 Å². The van der Waals surface area contributed by atoms with E-state index in [2.05, 4.69) is 128 Å². The van der Waals surface area contributed by atoms with Crippen LogP contribution in [0.25, 0.3) is 22.3 Å². The summed E-state index contributed by atoms with van der Waals surface area (Å²) < 4.78 is 0. The molecule has 40 heavy (non-hydrogen) atoms. The van der Waals surface area contributed by atoms with Gasteiger partial charge in [0.05, 0.1) is 17.9 Å². The molecule has 1 atom stereocenters. The molecule has 0 saturated heterocycles. The largest absolute Gasteiger partial charge is 0.366 e. The van der Waals surface area contributed by atoms with Crippen molar-refractivity contribution in [2.75, 3.05) is 11.9 Å². The van der Waals surface area contributed by atoms with Crippen molar-refractivity contribution >= 4 is 5.69 Å². The van der Waals surface area contributed by atoms with Gasteiger partial charge in [0.2, 0.25) is 0 Å². The molecule has 0 spiro atoms. The molecule has 0 bridgehead atoms. The Labute approximate surface area is 241 Å². The van der Waals surface area contributed by atoms with Crippen LogP contribution in [0.5, 0.6) is 0 Å². The molecule has 0 saturated carbocycles. The van der Waals surface area contributed by atoms with Crippen LogP contribution < -0.4 is 4.90 Å². The van der Waals surface area contributed by atoms with Crippen LogP contribution in [0.1, 0.15) is 51.7 Å². The first-order valence-corrected chi connectivity index (χ1v) is 14.4. The van der Waals surface area contributed by atoms with E-state index in [1.165, 1.54) is 39.0 Å². The number of hydrogen-bond donors (Lipinski definition) is 0. The molecule has 2 aliphatic rings. The Bertz CT molecular complexity index is 1430. The van der Waals surface area contributed by atoms with E-state index in [0.29, 0.717) is 6.04 Å². The molecule has 1 aromatic heterocycles. The smallest absolute Gasteiger partial charge is 0.0635 e. The first-order chi connectivity index (χ1) is 19.7. The van der Waals surface area contributed by atoms with Crippen LogP contribution in [0.2, 0.25) is 0 Å². The van der Waals surface area contributed by atoms with E-state index in [4.69, 9.17) is 0 Å². The Hall–Kier alpha value is -4.35. The summed E-state index contributed by atoms with van der Waals surface area (Å²) >= 11 is 0. The lowest BCUT2D eigenvalue weighted by atomic mass is 9.95. The van der Waals surface area contributed by atoms with Crippen LogP contribution in [-0.2, 0) is 6.42 Å². The SMILES string of the molecule is CC.CC/C=C(\C)C1=CC(N(C)c2cnccc2-c2cc#ccc2)CC=C1.c1ccc2c(c1)Cc1ccccc1-2. The lowest BCUT2D eigenvalue weighted by Crippen LogP contribution is -2.31. The highest BCUT2D eigenvalue weighted by molar-refractivity contribution is 5.78. The van der Waals surface area contributed by atoms with Crippen molar-refractivity contribution in [3.8, 4) is 22.3 Å². The predicted octanol–water partition coefficient (Wildman–Crippen LogP) is 9.68. The molecule has 6 rings (SSSR count). The minimum atomic E-state index is 0.322. The number of benzene rings is 2. The molecule has 0 aliphatic heterocycles. The lowest BCUT2D eigenvalue weighted by Gasteiger charge is -2.31. The van der Waals surface area contributed by atoms with Gasteiger partial charge in [0.1, 0.15) is 0 Å². The maximum absolute atomic E-state index is 4.36. The van der Waals surface area contributed by atoms with E-state index in [1.54, 1.807) is 0 Å². The van der Waals surface area contributed by atoms with Gasteiger partial charge in [-0.15, -0.1) is 0 Å². The molecule has 202 valence electrons. The van der Waals surface area contributed by atoms with Crippen molar-refractivity contribution in [2.24, 2.45) is 0 Å². The summed E-state index contributed by atoms with van der Waals surface area (Å²) in [5, 5.41) is 0. The van der Waals surface area contributed by atoms with Crippen molar-refractivity contribution in [1.29, 1.82) is 0 Å². The van der Waals surface area contributed by atoms with Gasteiger partial charge in [0.25, 0.3) is 0 Å². The second kappa shape index (κ2) is 14.2. The van der Waals surface area contributed by atoms with Crippen LogP contribution in [-0.4, -0.2) is 18.1 Å². The fraction of sp³-hybridized carbons (Fsp3) is 0.237. The van der Waals surface area contributed by atoms with E-state index < -0.39 is 0 Å². The third-order valence-electron chi connectivity index (χ3n) is 7.36. The molecule has 0 fully saturated rings. The molecule has 0 N–H and O–H groups in total. The molecule has 0 radical (unpaired) electrons. The minimum Gasteiger partial charge on any atom is -0.366 e. The Morgan fingerprint density at radius 2 is 1.65 bits per heavy atom. The fourth-order valence-electron chi connectivity index (χ4n) is 5.31. The molecule has 1 heterocycles. The van der Waals surface area contributed by atoms with Gasteiger partial charge in [0.15, 0.2) is 0 Å². The number of nitrogens with zero attached hydrogens (tertiary/aromatic N) is 2. The third kappa shape index (κ3) is 6.61. The van der Waals surface area contributed by atoms with E-state index in [1.807, 2.05) is 38.4 Å². The maximum Gasteiger partial charge on any atom is 0.0635 e. The second-order valence-electron chi connectivity index (χ2n) is 9.84. The summed E-state index contributed by atoms with van der Waals surface area (Å²) in [7, 11) is 2.15. The van der Waals surface area contributed by atoms with Crippen molar-refractivity contribution < 1.29 is 0 Å². The maximum atomic E-state index is 4.36. The zero-order chi connectivity index (χ0) is 28.3. The standard InChI is InChI=1S/C23H24N2.C13H10.C2H6/c1-4-9-18(2)20-12-8-13-21(16-20)25(3)23-17-24-15-14-22(23)19-10-6-5-7-11-19;1-3-7-12-10(5-1)9-11-6-2-4-8-13(11)12;1-2/h6,8-12,14-17,21H,4,13H2,1-3H3;1-8H,9H2;1-2H3/b18-9+;;. The number of hydrogen-bond acceptors (Lipinski definition) is 2. The average Bonchev–Trinajstić information content (AvgIpc) is 3.41. The number of likely N-dealkylation sites (N-methyl/N-ethyl adjacent to an activating group) is 1. The average molecular weight is 525 g/mol. The molecule has 3 aromatic carbocycles. The van der Waals surface area contributed by atoms with Gasteiger partial charge >= 0.3 is 0 Å². The second-order valence-corrected chi connectivity index (χ2v) is 9.84. The van der Waals surface area contributed by atoms with Crippen LogP contribution >= 0.6 is 0 Å². The summed E-state index contributed by atoms with van der Waals surface area (Å²) in [6, 6.07) is 31.7. The highest BCUT2D eigenvalue weighted by Gasteiger charge is 2.19. The van der Waals surface area contributed by atoms with E-state index in [0.717, 1.165) is 30.5 Å². The Morgan fingerprint density at radius 3 is 2.30 bits per heavy atom. The van der Waals surface area contributed by atoms with E-state index >= 15 is 0 Å². The number of pyridine rings is 1. The number of rotatable bonds is 5. The first kappa shape index (κ1) is 28.7. The quantitative estimate of drug-likeness (QED) is 0.227. The predicted molar refractivity (Wildman–Crippen MR) is 171 cm³/mol. The Balaban J connectivity index is 0.000000205. The molecular formula is C38H40N2. The third-order valence-corrected chi connectivity index (χ3v) is 7.36. The van der Waals surface area contributed by atoms with Gasteiger partial charge in [-0.25, -0.2) is 0 Å². The highest BCUT2D eigenvalue weighted by Crippen LogP contribution is 2.36. The van der Waals surface area contributed by atoms with Gasteiger partial charge in [0, 0.05) is 18.8 Å². The monoisotopic (exact) mass is 524 g/mol. The van der Waals surface area contributed by atoms with Crippen LogP contribution in [0.3, 0.4) is 0 Å². The van der Waals surface area contributed by atoms with Gasteiger partial charge < -0.3 is 4.90 Å². The summed E-state index contributed by atoms with van der Waals surface area (Å²) in [6.45, 7) is 8.37. The van der Waals surface area contributed by atoms with E-state index in [-0.39, 0.29) is 0 Å². The summed E-state index contributed by atoms with van der Waals surface area (Å²) in [5.74, 6) is 0. The van der Waals surface area contributed by atoms with Crippen molar-refractivity contribution in [2.45, 2.75) is 53.0 Å². The number of allylic oxidation sites excluding steroid dienone is 4. The first-order valence-electron chi connectivity index (χ1n) is 14.4. The fourth-order valence-corrected chi connectivity index (χ4v) is 5.31. The summed E-state index contributed by atoms with van der Waals surface area (Å²) in [5.41, 5.74) is 11.9. The Kier molecular flexibility index (Phi) is 10.1. The van der Waals surface area contributed by atoms with Crippen LogP contribution in [0, 0.1) is 12.1 Å². The molecule has 2 aliphatic carbocycles. The molecule has 0 amide bonds. The van der Waals surface area contributed by atoms with Crippen molar-refractivity contribution in [3.63, 3.8) is 0 Å². The molecule has 4 aromatic rings. The molecule has 1 unspecified atom stereocenters. The zero-order valence-electron chi connectivity index (χ0n) is 24.5. The number of fused-ring (bicyclic) bond motifs is 3. The molecular weight excluding hydrogens is 484 g/mol. The lowest BCUT2D eigenvalue weighted by molar-refractivity contribution is 0.747. The topological polar surface area (TPSA) is 16.1 Å². The summed E-state index contributed by atoms with van der Waals surface area (Å²) in [6.07, 6.45) is 16.1. The highest BCUT2D eigenvalue weighted by atomic mass is 15.1. The van der Waals surface area contributed by atoms with Crippen molar-refractivity contribution in [1.82, 2.24) is 4.98 Å². The normalized spacial score (nSPS) is 14.8. The Morgan fingerprint density at radius 1 is 0.950 bits per heavy atom. The van der Waals surface area contributed by atoms with Gasteiger partial charge in [-0.1, -0.05) is 106 Å².